The molecular weight excluding hydrogens is 366 g/mol. The zero-order valence-corrected chi connectivity index (χ0v) is 17.3. The number of rotatable bonds is 5. The van der Waals surface area contributed by atoms with Gasteiger partial charge in [-0.2, -0.15) is 0 Å². The van der Waals surface area contributed by atoms with Crippen molar-refractivity contribution < 1.29 is 14.4 Å². The van der Waals surface area contributed by atoms with Crippen LogP contribution in [0.15, 0.2) is 48.5 Å². The number of carbonyl (C=O) groups excluding carboxylic acids is 3. The molecule has 3 amide bonds. The average molecular weight is 393 g/mol. The fraction of sp³-hybridized carbons (Fsp3) is 0.348. The van der Waals surface area contributed by atoms with E-state index >= 15 is 0 Å². The van der Waals surface area contributed by atoms with Crippen LogP contribution in [-0.4, -0.2) is 43.3 Å². The van der Waals surface area contributed by atoms with Crippen LogP contribution in [-0.2, 0) is 14.4 Å². The molecule has 1 heterocycles. The number of anilines is 1. The van der Waals surface area contributed by atoms with Gasteiger partial charge in [-0.3, -0.25) is 14.4 Å². The number of carbonyl (C=O) groups is 3. The number of hydrogen-bond donors (Lipinski definition) is 1. The molecule has 6 nitrogen and oxygen atoms in total. The van der Waals surface area contributed by atoms with Gasteiger partial charge < -0.3 is 15.1 Å². The van der Waals surface area contributed by atoms with Crippen LogP contribution < -0.4 is 10.2 Å². The summed E-state index contributed by atoms with van der Waals surface area (Å²) in [6.07, 6.45) is 0.136. The van der Waals surface area contributed by atoms with Crippen molar-refractivity contribution in [1.82, 2.24) is 10.2 Å². The second-order valence-electron chi connectivity index (χ2n) is 7.71. The number of aryl methyl sites for hydroxylation is 1. The van der Waals surface area contributed by atoms with Crippen LogP contribution in [0.2, 0.25) is 0 Å². The van der Waals surface area contributed by atoms with Gasteiger partial charge in [0.2, 0.25) is 17.7 Å². The molecular formula is C23H27N3O3. The maximum Gasteiger partial charge on any atom is 0.249 e. The van der Waals surface area contributed by atoms with E-state index in [2.05, 4.69) is 5.32 Å². The molecule has 1 N–H and O–H groups in total. The van der Waals surface area contributed by atoms with Gasteiger partial charge >= 0.3 is 0 Å². The molecule has 3 rings (SSSR count). The molecule has 0 spiro atoms. The molecule has 0 aliphatic carbocycles. The first kappa shape index (κ1) is 20.6. The maximum atomic E-state index is 13.0. The average Bonchev–Trinajstić information content (AvgIpc) is 3.09. The van der Waals surface area contributed by atoms with Crippen molar-refractivity contribution in [2.45, 2.75) is 26.3 Å². The minimum Gasteiger partial charge on any atom is -0.347 e. The summed E-state index contributed by atoms with van der Waals surface area (Å²) in [5.74, 6) is -1.06. The lowest BCUT2D eigenvalue weighted by Gasteiger charge is -2.24. The van der Waals surface area contributed by atoms with E-state index in [0.29, 0.717) is 6.54 Å². The van der Waals surface area contributed by atoms with Crippen molar-refractivity contribution >= 4 is 23.4 Å². The number of hydrogen-bond acceptors (Lipinski definition) is 3. The Morgan fingerprint density at radius 3 is 2.41 bits per heavy atom. The number of amides is 3. The second-order valence-corrected chi connectivity index (χ2v) is 7.71. The molecule has 1 aliphatic rings. The zero-order valence-electron chi connectivity index (χ0n) is 17.3. The van der Waals surface area contributed by atoms with Crippen LogP contribution in [0.3, 0.4) is 0 Å². The zero-order chi connectivity index (χ0) is 21.1. The van der Waals surface area contributed by atoms with Crippen molar-refractivity contribution in [3.63, 3.8) is 0 Å². The highest BCUT2D eigenvalue weighted by atomic mass is 16.2. The molecule has 2 aromatic carbocycles. The standard InChI is InChI=1S/C23H27N3O3/c1-15-9-8-12-19(16(15)2)26-14-18(13-20(26)27)22(28)24-21(23(29)25(3)4)17-10-6-5-7-11-17/h5-12,18,21H,13-14H2,1-4H3,(H,24,28)/t18-,21+/m1/s1. The Morgan fingerprint density at radius 2 is 1.76 bits per heavy atom. The van der Waals surface area contributed by atoms with Crippen LogP contribution in [0.4, 0.5) is 5.69 Å². The minimum absolute atomic E-state index is 0.0750. The first-order valence-electron chi connectivity index (χ1n) is 9.72. The van der Waals surface area contributed by atoms with Gasteiger partial charge in [-0.15, -0.1) is 0 Å². The Balaban J connectivity index is 1.78. The number of nitrogens with one attached hydrogen (secondary N) is 1. The molecule has 0 bridgehead atoms. The Morgan fingerprint density at radius 1 is 1.07 bits per heavy atom. The topological polar surface area (TPSA) is 69.7 Å². The van der Waals surface area contributed by atoms with Crippen molar-refractivity contribution in [3.8, 4) is 0 Å². The normalized spacial score (nSPS) is 17.2. The summed E-state index contributed by atoms with van der Waals surface area (Å²) < 4.78 is 0. The van der Waals surface area contributed by atoms with Crippen LogP contribution in [0.1, 0.15) is 29.2 Å². The molecule has 0 radical (unpaired) electrons. The van der Waals surface area contributed by atoms with E-state index in [1.807, 2.05) is 62.4 Å². The smallest absolute Gasteiger partial charge is 0.249 e. The van der Waals surface area contributed by atoms with E-state index in [9.17, 15) is 14.4 Å². The van der Waals surface area contributed by atoms with Crippen molar-refractivity contribution in [1.29, 1.82) is 0 Å². The van der Waals surface area contributed by atoms with Gasteiger partial charge in [0.05, 0.1) is 5.92 Å². The van der Waals surface area contributed by atoms with E-state index in [0.717, 1.165) is 22.4 Å². The molecule has 0 aromatic heterocycles. The quantitative estimate of drug-likeness (QED) is 0.849. The van der Waals surface area contributed by atoms with Crippen LogP contribution >= 0.6 is 0 Å². The van der Waals surface area contributed by atoms with Gasteiger partial charge in [0.1, 0.15) is 6.04 Å². The summed E-state index contributed by atoms with van der Waals surface area (Å²) in [5.41, 5.74) is 3.69. The van der Waals surface area contributed by atoms with Crippen LogP contribution in [0.25, 0.3) is 0 Å². The van der Waals surface area contributed by atoms with Gasteiger partial charge in [0.25, 0.3) is 0 Å². The lowest BCUT2D eigenvalue weighted by Crippen LogP contribution is -2.42. The second kappa shape index (κ2) is 8.47. The summed E-state index contributed by atoms with van der Waals surface area (Å²) in [5, 5.41) is 2.87. The Kier molecular flexibility index (Phi) is 6.01. The summed E-state index contributed by atoms with van der Waals surface area (Å²) in [6.45, 7) is 4.29. The number of benzene rings is 2. The van der Waals surface area contributed by atoms with Crippen LogP contribution in [0, 0.1) is 19.8 Å². The van der Waals surface area contributed by atoms with Gasteiger partial charge in [-0.05, 0) is 36.6 Å². The predicted octanol–water partition coefficient (Wildman–Crippen LogP) is 2.60. The Hall–Kier alpha value is -3.15. The van der Waals surface area contributed by atoms with Gasteiger partial charge in [0.15, 0.2) is 0 Å². The van der Waals surface area contributed by atoms with E-state index in [4.69, 9.17) is 0 Å². The summed E-state index contributed by atoms with van der Waals surface area (Å²) >= 11 is 0. The fourth-order valence-electron chi connectivity index (χ4n) is 3.60. The molecule has 152 valence electrons. The highest BCUT2D eigenvalue weighted by Gasteiger charge is 2.37. The predicted molar refractivity (Wildman–Crippen MR) is 112 cm³/mol. The number of nitrogens with zero attached hydrogens (tertiary/aromatic N) is 2. The summed E-state index contributed by atoms with van der Waals surface area (Å²) in [4.78, 5) is 41.4. The highest BCUT2D eigenvalue weighted by Crippen LogP contribution is 2.30. The third-order valence-corrected chi connectivity index (χ3v) is 5.47. The molecule has 6 heteroatoms. The fourth-order valence-corrected chi connectivity index (χ4v) is 3.60. The Labute approximate surface area is 171 Å². The van der Waals surface area contributed by atoms with Gasteiger partial charge in [-0.25, -0.2) is 0 Å². The molecule has 29 heavy (non-hydrogen) atoms. The molecule has 0 saturated carbocycles. The first-order chi connectivity index (χ1) is 13.8. The summed E-state index contributed by atoms with van der Waals surface area (Å²) in [6, 6.07) is 14.2. The molecule has 1 saturated heterocycles. The van der Waals surface area contributed by atoms with E-state index in [1.165, 1.54) is 4.90 Å². The van der Waals surface area contributed by atoms with Crippen molar-refractivity contribution in [2.24, 2.45) is 5.92 Å². The lowest BCUT2D eigenvalue weighted by molar-refractivity contribution is -0.135. The van der Waals surface area contributed by atoms with Gasteiger partial charge in [0, 0.05) is 32.7 Å². The molecule has 2 atom stereocenters. The number of likely N-dealkylation sites (N-methyl/N-ethyl adjacent to an activating group) is 1. The largest absolute Gasteiger partial charge is 0.347 e. The lowest BCUT2D eigenvalue weighted by atomic mass is 10.0. The minimum atomic E-state index is -0.774. The molecule has 0 unspecified atom stereocenters. The molecule has 2 aromatic rings. The first-order valence-corrected chi connectivity index (χ1v) is 9.72. The third-order valence-electron chi connectivity index (χ3n) is 5.47. The van der Waals surface area contributed by atoms with E-state index < -0.39 is 12.0 Å². The third kappa shape index (κ3) is 4.31. The SMILES string of the molecule is Cc1cccc(N2C[C@H](C(=O)N[C@H](C(=O)N(C)C)c3ccccc3)CC2=O)c1C. The molecule has 1 fully saturated rings. The highest BCUT2D eigenvalue weighted by molar-refractivity contribution is 6.01. The monoisotopic (exact) mass is 393 g/mol. The van der Waals surface area contributed by atoms with Crippen molar-refractivity contribution in [3.05, 3.63) is 65.2 Å². The molecule has 1 aliphatic heterocycles. The maximum absolute atomic E-state index is 13.0. The Bertz CT molecular complexity index is 924. The van der Waals surface area contributed by atoms with Crippen molar-refractivity contribution in [2.75, 3.05) is 25.5 Å². The van der Waals surface area contributed by atoms with E-state index in [1.54, 1.807) is 19.0 Å². The summed E-state index contributed by atoms with van der Waals surface area (Å²) in [7, 11) is 3.32. The van der Waals surface area contributed by atoms with Gasteiger partial charge in [-0.1, -0.05) is 42.5 Å². The van der Waals surface area contributed by atoms with Crippen LogP contribution in [0.5, 0.6) is 0 Å². The van der Waals surface area contributed by atoms with E-state index in [-0.39, 0.29) is 24.1 Å².